The Labute approximate surface area is 141 Å². The third-order valence-electron chi connectivity index (χ3n) is 4.13. The predicted molar refractivity (Wildman–Crippen MR) is 96.8 cm³/mol. The fourth-order valence-electron chi connectivity index (χ4n) is 3.01. The number of benzene rings is 3. The van der Waals surface area contributed by atoms with Crippen molar-refractivity contribution in [1.82, 2.24) is 4.57 Å². The van der Waals surface area contributed by atoms with E-state index in [1.165, 1.54) is 0 Å². The van der Waals surface area contributed by atoms with Gasteiger partial charge in [0.2, 0.25) is 5.75 Å². The summed E-state index contributed by atoms with van der Waals surface area (Å²) in [5.74, 6) is 0.0167. The van der Waals surface area contributed by atoms with E-state index in [1.54, 1.807) is 12.1 Å². The van der Waals surface area contributed by atoms with E-state index in [-0.39, 0.29) is 5.75 Å². The van der Waals surface area contributed by atoms with Crippen molar-refractivity contribution in [3.63, 3.8) is 0 Å². The molecule has 1 aromatic heterocycles. The average molecular weight is 310 g/mol. The molecule has 0 bridgehead atoms. The largest absolute Gasteiger partial charge is 0.306 e. The van der Waals surface area contributed by atoms with Gasteiger partial charge in [-0.05, 0) is 35.4 Å². The maximum atomic E-state index is 12.5. The van der Waals surface area contributed by atoms with Crippen molar-refractivity contribution in [3.8, 4) is 34.0 Å². The summed E-state index contributed by atoms with van der Waals surface area (Å²) in [4.78, 5) is 0. The van der Waals surface area contributed by atoms with E-state index < -0.39 is 0 Å². The van der Waals surface area contributed by atoms with E-state index >= 15 is 0 Å². The summed E-state index contributed by atoms with van der Waals surface area (Å²) in [6, 6.07) is 31.6. The molecule has 0 aliphatic rings. The van der Waals surface area contributed by atoms with E-state index in [1.807, 2.05) is 53.1 Å². The molecule has 2 heteroatoms. The van der Waals surface area contributed by atoms with Crippen molar-refractivity contribution in [2.24, 2.45) is 0 Å². The Hall–Kier alpha value is -3.26. The Morgan fingerprint density at radius 2 is 0.958 bits per heavy atom. The van der Waals surface area contributed by atoms with Crippen LogP contribution in [0.4, 0.5) is 0 Å². The zero-order valence-electron chi connectivity index (χ0n) is 13.1. The lowest BCUT2D eigenvalue weighted by molar-refractivity contribution is 0.353. The molecule has 0 aliphatic heterocycles. The van der Waals surface area contributed by atoms with Gasteiger partial charge in [-0.1, -0.05) is 72.8 Å². The first-order chi connectivity index (χ1) is 11.8. The summed E-state index contributed by atoms with van der Waals surface area (Å²) in [6.45, 7) is 0. The van der Waals surface area contributed by atoms with Gasteiger partial charge in [0.05, 0.1) is 17.1 Å². The second-order valence-electron chi connectivity index (χ2n) is 5.64. The minimum Gasteiger partial charge on any atom is -0.306 e. The molecule has 0 N–H and O–H groups in total. The summed E-state index contributed by atoms with van der Waals surface area (Å²) >= 11 is 0. The van der Waals surface area contributed by atoms with Crippen molar-refractivity contribution in [2.45, 2.75) is 0 Å². The standard InChI is InChI=1S/C22H16NO/c24-22-14-8-7-13-21(22)23-19(17-9-3-1-4-10-17)15-16-20(23)18-11-5-2-6-12-18/h1-16H. The van der Waals surface area contributed by atoms with Crippen LogP contribution >= 0.6 is 0 Å². The second-order valence-corrected chi connectivity index (χ2v) is 5.64. The molecule has 0 amide bonds. The molecule has 4 aromatic rings. The van der Waals surface area contributed by atoms with Crippen LogP contribution in [0.2, 0.25) is 0 Å². The van der Waals surface area contributed by atoms with Crippen LogP contribution in [0, 0.1) is 0 Å². The normalized spacial score (nSPS) is 10.7. The summed E-state index contributed by atoms with van der Waals surface area (Å²) in [5, 5.41) is 12.5. The highest BCUT2D eigenvalue weighted by Crippen LogP contribution is 2.35. The molecule has 0 atom stereocenters. The van der Waals surface area contributed by atoms with E-state index in [9.17, 15) is 5.11 Å². The van der Waals surface area contributed by atoms with Crippen LogP contribution in [0.15, 0.2) is 97.1 Å². The summed E-state index contributed by atoms with van der Waals surface area (Å²) in [6.07, 6.45) is 0. The topological polar surface area (TPSA) is 24.8 Å². The summed E-state index contributed by atoms with van der Waals surface area (Å²) in [5.41, 5.74) is 4.86. The van der Waals surface area contributed by atoms with Crippen LogP contribution in [-0.4, -0.2) is 4.57 Å². The summed E-state index contributed by atoms with van der Waals surface area (Å²) in [7, 11) is 0. The number of aromatic nitrogens is 1. The quantitative estimate of drug-likeness (QED) is 0.446. The monoisotopic (exact) mass is 310 g/mol. The van der Waals surface area contributed by atoms with Crippen LogP contribution in [0.1, 0.15) is 0 Å². The van der Waals surface area contributed by atoms with E-state index in [2.05, 4.69) is 36.4 Å². The lowest BCUT2D eigenvalue weighted by Gasteiger charge is -2.14. The number of para-hydroxylation sites is 2. The zero-order valence-corrected chi connectivity index (χ0v) is 13.1. The van der Waals surface area contributed by atoms with Crippen LogP contribution in [0.25, 0.3) is 28.2 Å². The van der Waals surface area contributed by atoms with Gasteiger partial charge in [-0.3, -0.25) is 5.11 Å². The number of hydrogen-bond donors (Lipinski definition) is 0. The van der Waals surface area contributed by atoms with Crippen molar-refractivity contribution in [1.29, 1.82) is 0 Å². The minimum atomic E-state index is 0.0167. The van der Waals surface area contributed by atoms with Gasteiger partial charge in [-0.25, -0.2) is 0 Å². The summed E-state index contributed by atoms with van der Waals surface area (Å²) < 4.78 is 2.05. The van der Waals surface area contributed by atoms with Gasteiger partial charge < -0.3 is 4.57 Å². The van der Waals surface area contributed by atoms with Gasteiger partial charge >= 0.3 is 0 Å². The highest BCUT2D eigenvalue weighted by atomic mass is 16.3. The van der Waals surface area contributed by atoms with Gasteiger partial charge in [0.1, 0.15) is 0 Å². The average Bonchev–Trinajstić information content (AvgIpc) is 3.08. The van der Waals surface area contributed by atoms with Crippen LogP contribution in [0.5, 0.6) is 5.75 Å². The highest BCUT2D eigenvalue weighted by molar-refractivity contribution is 5.74. The first-order valence-corrected chi connectivity index (χ1v) is 7.93. The van der Waals surface area contributed by atoms with Gasteiger partial charge in [-0.15, -0.1) is 0 Å². The molecular formula is C22H16NO. The highest BCUT2D eigenvalue weighted by Gasteiger charge is 2.16. The Morgan fingerprint density at radius 1 is 0.500 bits per heavy atom. The molecule has 0 unspecified atom stereocenters. The van der Waals surface area contributed by atoms with Crippen LogP contribution < -0.4 is 0 Å². The lowest BCUT2D eigenvalue weighted by atomic mass is 10.1. The lowest BCUT2D eigenvalue weighted by Crippen LogP contribution is -1.99. The molecule has 24 heavy (non-hydrogen) atoms. The first kappa shape index (κ1) is 14.3. The zero-order chi connectivity index (χ0) is 16.4. The minimum absolute atomic E-state index is 0.0167. The van der Waals surface area contributed by atoms with Crippen LogP contribution in [0.3, 0.4) is 0 Å². The Morgan fingerprint density at radius 3 is 1.46 bits per heavy atom. The number of nitrogens with zero attached hydrogens (tertiary/aromatic N) is 1. The third kappa shape index (κ3) is 2.48. The molecule has 0 fully saturated rings. The molecule has 4 rings (SSSR count). The second kappa shape index (κ2) is 6.09. The molecular weight excluding hydrogens is 294 g/mol. The molecule has 0 saturated carbocycles. The molecule has 1 radical (unpaired) electrons. The molecule has 115 valence electrons. The molecule has 0 saturated heterocycles. The van der Waals surface area contributed by atoms with Gasteiger partial charge in [0.25, 0.3) is 0 Å². The Kier molecular flexibility index (Phi) is 3.64. The van der Waals surface area contributed by atoms with Gasteiger partial charge in [0, 0.05) is 0 Å². The van der Waals surface area contributed by atoms with Crippen molar-refractivity contribution >= 4 is 0 Å². The molecule has 2 nitrogen and oxygen atoms in total. The maximum Gasteiger partial charge on any atom is 0.202 e. The SMILES string of the molecule is [O]c1ccccc1-n1c(-c2ccccc2)ccc1-c1ccccc1. The Balaban J connectivity index is 2.00. The van der Waals surface area contributed by atoms with Gasteiger partial charge in [-0.2, -0.15) is 0 Å². The fraction of sp³-hybridized carbons (Fsp3) is 0. The smallest absolute Gasteiger partial charge is 0.202 e. The van der Waals surface area contributed by atoms with Gasteiger partial charge in [0.15, 0.2) is 0 Å². The van der Waals surface area contributed by atoms with Crippen LogP contribution in [-0.2, 0) is 5.11 Å². The number of hydrogen-bond acceptors (Lipinski definition) is 0. The van der Waals surface area contributed by atoms with E-state index in [0.717, 1.165) is 22.5 Å². The maximum absolute atomic E-state index is 12.5. The van der Waals surface area contributed by atoms with Crippen molar-refractivity contribution in [2.75, 3.05) is 0 Å². The molecule has 1 heterocycles. The Bertz CT molecular complexity index is 899. The molecule has 3 aromatic carbocycles. The van der Waals surface area contributed by atoms with E-state index in [0.29, 0.717) is 5.69 Å². The molecule has 0 spiro atoms. The van der Waals surface area contributed by atoms with E-state index in [4.69, 9.17) is 0 Å². The van der Waals surface area contributed by atoms with Crippen molar-refractivity contribution in [3.05, 3.63) is 97.1 Å². The fourth-order valence-corrected chi connectivity index (χ4v) is 3.01. The third-order valence-corrected chi connectivity index (χ3v) is 4.13. The number of rotatable bonds is 3. The van der Waals surface area contributed by atoms with Crippen molar-refractivity contribution < 1.29 is 5.11 Å². The molecule has 0 aliphatic carbocycles. The predicted octanol–water partition coefficient (Wildman–Crippen LogP) is 5.96. The first-order valence-electron chi connectivity index (χ1n) is 7.93.